The van der Waals surface area contributed by atoms with Crippen molar-refractivity contribution in [3.8, 4) is 0 Å². The molecule has 1 aliphatic heterocycles. The maximum atomic E-state index is 11.2. The first-order valence-corrected chi connectivity index (χ1v) is 6.11. The number of nitrogens with one attached hydrogen (secondary N) is 2. The summed E-state index contributed by atoms with van der Waals surface area (Å²) in [6, 6.07) is -0.215. The summed E-state index contributed by atoms with van der Waals surface area (Å²) in [7, 11) is -1.68. The molecule has 7 heteroatoms. The maximum absolute atomic E-state index is 11.2. The van der Waals surface area contributed by atoms with E-state index in [0.717, 1.165) is 0 Å². The zero-order chi connectivity index (χ0) is 10.6. The van der Waals surface area contributed by atoms with E-state index in [1.165, 1.54) is 7.11 Å². The molecule has 2 N–H and O–H groups in total. The van der Waals surface area contributed by atoms with Crippen LogP contribution in [0.2, 0.25) is 0 Å². The van der Waals surface area contributed by atoms with Gasteiger partial charge in [-0.15, -0.1) is 0 Å². The van der Waals surface area contributed by atoms with Gasteiger partial charge in [0.25, 0.3) is 0 Å². The standard InChI is InChI=1S/C7H14N2O4S/c1-13-7(10)9-4-6-5-14(11,12)3-2-8-6/h6,8H,2-5H2,1H3,(H,9,10). The lowest BCUT2D eigenvalue weighted by atomic mass is 10.3. The first-order chi connectivity index (χ1) is 6.53. The van der Waals surface area contributed by atoms with E-state index in [4.69, 9.17) is 0 Å². The van der Waals surface area contributed by atoms with E-state index in [1.807, 2.05) is 0 Å². The molecule has 0 aliphatic carbocycles. The van der Waals surface area contributed by atoms with E-state index in [1.54, 1.807) is 0 Å². The van der Waals surface area contributed by atoms with Gasteiger partial charge in [0, 0.05) is 19.1 Å². The number of ether oxygens (including phenoxy) is 1. The molecule has 0 radical (unpaired) electrons. The van der Waals surface area contributed by atoms with Crippen molar-refractivity contribution in [1.29, 1.82) is 0 Å². The summed E-state index contributed by atoms with van der Waals surface area (Å²) in [4.78, 5) is 10.7. The monoisotopic (exact) mass is 222 g/mol. The van der Waals surface area contributed by atoms with Gasteiger partial charge in [0.15, 0.2) is 9.84 Å². The van der Waals surface area contributed by atoms with Gasteiger partial charge in [0.1, 0.15) is 0 Å². The third-order valence-corrected chi connectivity index (χ3v) is 3.72. The Morgan fingerprint density at radius 1 is 1.64 bits per heavy atom. The molecular weight excluding hydrogens is 208 g/mol. The van der Waals surface area contributed by atoms with Crippen LogP contribution < -0.4 is 10.6 Å². The van der Waals surface area contributed by atoms with Gasteiger partial charge >= 0.3 is 6.09 Å². The maximum Gasteiger partial charge on any atom is 0.406 e. The second-order valence-electron chi connectivity index (χ2n) is 3.14. The van der Waals surface area contributed by atoms with Gasteiger partial charge in [0.2, 0.25) is 0 Å². The van der Waals surface area contributed by atoms with Crippen molar-refractivity contribution in [2.24, 2.45) is 0 Å². The molecule has 1 amide bonds. The average molecular weight is 222 g/mol. The molecule has 0 bridgehead atoms. The molecule has 14 heavy (non-hydrogen) atoms. The highest BCUT2D eigenvalue weighted by molar-refractivity contribution is 7.91. The molecule has 0 aromatic rings. The smallest absolute Gasteiger partial charge is 0.406 e. The average Bonchev–Trinajstić information content (AvgIpc) is 2.12. The number of rotatable bonds is 2. The molecule has 1 atom stereocenters. The van der Waals surface area contributed by atoms with Gasteiger partial charge in [0.05, 0.1) is 18.6 Å². The van der Waals surface area contributed by atoms with Crippen LogP contribution in [0.3, 0.4) is 0 Å². The summed E-state index contributed by atoms with van der Waals surface area (Å²) < 4.78 is 26.7. The van der Waals surface area contributed by atoms with Crippen molar-refractivity contribution >= 4 is 15.9 Å². The minimum absolute atomic E-state index is 0.0665. The first-order valence-electron chi connectivity index (χ1n) is 4.29. The normalized spacial score (nSPS) is 25.4. The molecule has 82 valence electrons. The van der Waals surface area contributed by atoms with Gasteiger partial charge in [-0.3, -0.25) is 0 Å². The number of carbonyl (C=O) groups is 1. The summed E-state index contributed by atoms with van der Waals surface area (Å²) in [5, 5.41) is 5.46. The van der Waals surface area contributed by atoms with E-state index in [9.17, 15) is 13.2 Å². The molecular formula is C7H14N2O4S. The Morgan fingerprint density at radius 3 is 2.93 bits per heavy atom. The summed E-state index contributed by atoms with van der Waals surface area (Å²) in [5.41, 5.74) is 0. The minimum atomic E-state index is -2.94. The molecule has 1 fully saturated rings. The second-order valence-corrected chi connectivity index (χ2v) is 5.37. The Kier molecular flexibility index (Phi) is 3.70. The summed E-state index contributed by atoms with van der Waals surface area (Å²) in [5.74, 6) is 0.235. The number of carbonyl (C=O) groups excluding carboxylic acids is 1. The van der Waals surface area contributed by atoms with Crippen molar-refractivity contribution in [3.63, 3.8) is 0 Å². The van der Waals surface area contributed by atoms with Crippen molar-refractivity contribution in [3.05, 3.63) is 0 Å². The largest absolute Gasteiger partial charge is 0.453 e. The molecule has 0 aromatic heterocycles. The SMILES string of the molecule is COC(=O)NCC1CS(=O)(=O)CCN1. The number of sulfone groups is 1. The lowest BCUT2D eigenvalue weighted by molar-refractivity contribution is 0.170. The zero-order valence-corrected chi connectivity index (χ0v) is 8.76. The van der Waals surface area contributed by atoms with Crippen molar-refractivity contribution < 1.29 is 17.9 Å². The summed E-state index contributed by atoms with van der Waals surface area (Å²) in [6.07, 6.45) is -0.547. The number of hydrogen-bond donors (Lipinski definition) is 2. The van der Waals surface area contributed by atoms with E-state index in [2.05, 4.69) is 15.4 Å². The van der Waals surface area contributed by atoms with Crippen LogP contribution in [0.15, 0.2) is 0 Å². The van der Waals surface area contributed by atoms with Gasteiger partial charge in [-0.05, 0) is 0 Å². The van der Waals surface area contributed by atoms with Crippen LogP contribution in [0.4, 0.5) is 4.79 Å². The molecule has 1 saturated heterocycles. The fourth-order valence-corrected chi connectivity index (χ4v) is 2.72. The molecule has 0 spiro atoms. The fraction of sp³-hybridized carbons (Fsp3) is 0.857. The molecule has 6 nitrogen and oxygen atoms in total. The zero-order valence-electron chi connectivity index (χ0n) is 7.95. The Labute approximate surface area is 82.9 Å². The highest BCUT2D eigenvalue weighted by Crippen LogP contribution is 2.00. The van der Waals surface area contributed by atoms with Crippen molar-refractivity contribution in [1.82, 2.24) is 10.6 Å². The fourth-order valence-electron chi connectivity index (χ4n) is 1.28. The first kappa shape index (κ1) is 11.3. The lowest BCUT2D eigenvalue weighted by Crippen LogP contribution is -2.50. The predicted octanol–water partition coefficient (Wildman–Crippen LogP) is -1.27. The Hall–Kier alpha value is -0.820. The van der Waals surface area contributed by atoms with Crippen LogP contribution in [0.1, 0.15) is 0 Å². The molecule has 0 saturated carbocycles. The third kappa shape index (κ3) is 3.51. The Balaban J connectivity index is 2.35. The lowest BCUT2D eigenvalue weighted by Gasteiger charge is -2.23. The molecule has 1 aliphatic rings. The van der Waals surface area contributed by atoms with Gasteiger partial charge in [-0.1, -0.05) is 0 Å². The second kappa shape index (κ2) is 4.61. The van der Waals surface area contributed by atoms with Crippen LogP contribution >= 0.6 is 0 Å². The van der Waals surface area contributed by atoms with Crippen molar-refractivity contribution in [2.45, 2.75) is 6.04 Å². The van der Waals surface area contributed by atoms with Crippen LogP contribution in [0.5, 0.6) is 0 Å². The predicted molar refractivity (Wildman–Crippen MR) is 50.9 cm³/mol. The van der Waals surface area contributed by atoms with Crippen LogP contribution in [-0.2, 0) is 14.6 Å². The highest BCUT2D eigenvalue weighted by Gasteiger charge is 2.24. The number of alkyl carbamates (subject to hydrolysis) is 1. The van der Waals surface area contributed by atoms with Gasteiger partial charge in [-0.25, -0.2) is 13.2 Å². The van der Waals surface area contributed by atoms with Gasteiger partial charge < -0.3 is 15.4 Å². The molecule has 1 unspecified atom stereocenters. The van der Waals surface area contributed by atoms with Crippen LogP contribution in [0, 0.1) is 0 Å². The third-order valence-electron chi connectivity index (χ3n) is 1.98. The van der Waals surface area contributed by atoms with Gasteiger partial charge in [-0.2, -0.15) is 0 Å². The topological polar surface area (TPSA) is 84.5 Å². The Bertz CT molecular complexity index is 301. The Morgan fingerprint density at radius 2 is 2.36 bits per heavy atom. The van der Waals surface area contributed by atoms with Crippen LogP contribution in [0.25, 0.3) is 0 Å². The van der Waals surface area contributed by atoms with E-state index < -0.39 is 15.9 Å². The number of hydrogen-bond acceptors (Lipinski definition) is 5. The summed E-state index contributed by atoms with van der Waals surface area (Å²) >= 11 is 0. The van der Waals surface area contributed by atoms with E-state index in [0.29, 0.717) is 6.54 Å². The molecule has 0 aromatic carbocycles. The number of amides is 1. The summed E-state index contributed by atoms with van der Waals surface area (Å²) in [6.45, 7) is 0.710. The van der Waals surface area contributed by atoms with E-state index >= 15 is 0 Å². The van der Waals surface area contributed by atoms with E-state index in [-0.39, 0.29) is 24.1 Å². The highest BCUT2D eigenvalue weighted by atomic mass is 32.2. The van der Waals surface area contributed by atoms with Crippen molar-refractivity contribution in [2.75, 3.05) is 31.7 Å². The molecule has 1 rings (SSSR count). The van der Waals surface area contributed by atoms with Crippen LogP contribution in [-0.4, -0.2) is 52.3 Å². The quantitative estimate of drug-likeness (QED) is 0.608. The molecule has 1 heterocycles. The minimum Gasteiger partial charge on any atom is -0.453 e. The number of methoxy groups -OCH3 is 1.